The van der Waals surface area contributed by atoms with Gasteiger partial charge in [-0.3, -0.25) is 0 Å². The smallest absolute Gasteiger partial charge is 0.104 e. The van der Waals surface area contributed by atoms with Crippen LogP contribution in [-0.4, -0.2) is 5.11 Å². The van der Waals surface area contributed by atoms with Crippen LogP contribution in [0.1, 0.15) is 17.2 Å². The van der Waals surface area contributed by atoms with Crippen LogP contribution in [0.15, 0.2) is 53.0 Å². The molecule has 3 heteroatoms. The molecule has 0 aliphatic heterocycles. The number of aliphatic hydroxyl groups excluding tert-OH is 1. The topological polar surface area (TPSA) is 20.2 Å². The fourth-order valence-corrected chi connectivity index (χ4v) is 1.95. The van der Waals surface area contributed by atoms with Gasteiger partial charge in [0.2, 0.25) is 0 Å². The van der Waals surface area contributed by atoms with Crippen LogP contribution in [-0.2, 0) is 0 Å². The van der Waals surface area contributed by atoms with Crippen LogP contribution in [0, 0.1) is 0 Å². The van der Waals surface area contributed by atoms with E-state index >= 15 is 0 Å². The maximum absolute atomic E-state index is 10.1. The van der Waals surface area contributed by atoms with Crippen LogP contribution in [0.3, 0.4) is 0 Å². The van der Waals surface area contributed by atoms with Crippen LogP contribution in [0.4, 0.5) is 0 Å². The van der Waals surface area contributed by atoms with Crippen molar-refractivity contribution >= 4 is 27.5 Å². The Kier molecular flexibility index (Phi) is 3.64. The van der Waals surface area contributed by atoms with Gasteiger partial charge in [0.1, 0.15) is 6.10 Å². The number of benzene rings is 2. The van der Waals surface area contributed by atoms with Gasteiger partial charge in [-0.1, -0.05) is 48.0 Å². The highest BCUT2D eigenvalue weighted by Gasteiger charge is 2.10. The molecule has 0 aliphatic rings. The van der Waals surface area contributed by atoms with Crippen LogP contribution in [0.25, 0.3) is 0 Å². The standard InChI is InChI=1S/C13H10BrClO/c14-11-7-6-10(8-12(11)15)13(16)9-4-2-1-3-5-9/h1-8,13,16H. The van der Waals surface area contributed by atoms with Gasteiger partial charge < -0.3 is 5.11 Å². The van der Waals surface area contributed by atoms with Gasteiger partial charge in [0, 0.05) is 4.47 Å². The monoisotopic (exact) mass is 296 g/mol. The second-order valence-electron chi connectivity index (χ2n) is 3.49. The van der Waals surface area contributed by atoms with Crippen molar-refractivity contribution in [1.29, 1.82) is 0 Å². The van der Waals surface area contributed by atoms with E-state index in [2.05, 4.69) is 15.9 Å². The summed E-state index contributed by atoms with van der Waals surface area (Å²) < 4.78 is 0.832. The van der Waals surface area contributed by atoms with E-state index in [1.165, 1.54) is 0 Å². The Hall–Kier alpha value is -0.830. The molecular formula is C13H10BrClO. The highest BCUT2D eigenvalue weighted by atomic mass is 79.9. The van der Waals surface area contributed by atoms with Gasteiger partial charge in [-0.25, -0.2) is 0 Å². The first-order chi connectivity index (χ1) is 7.68. The highest BCUT2D eigenvalue weighted by Crippen LogP contribution is 2.28. The molecule has 1 nitrogen and oxygen atoms in total. The minimum absolute atomic E-state index is 0.604. The quantitative estimate of drug-likeness (QED) is 0.881. The van der Waals surface area contributed by atoms with Crippen molar-refractivity contribution in [2.45, 2.75) is 6.10 Å². The Labute approximate surface area is 108 Å². The average Bonchev–Trinajstić information content (AvgIpc) is 2.33. The SMILES string of the molecule is OC(c1ccccc1)c1ccc(Br)c(Cl)c1. The Morgan fingerprint density at radius 1 is 1.00 bits per heavy atom. The first kappa shape index (κ1) is 11.6. The molecule has 0 bridgehead atoms. The molecule has 0 amide bonds. The molecule has 0 radical (unpaired) electrons. The summed E-state index contributed by atoms with van der Waals surface area (Å²) in [6.45, 7) is 0. The lowest BCUT2D eigenvalue weighted by atomic mass is 10.0. The van der Waals surface area contributed by atoms with Crippen molar-refractivity contribution in [3.8, 4) is 0 Å². The number of rotatable bonds is 2. The van der Waals surface area contributed by atoms with Crippen molar-refractivity contribution in [3.63, 3.8) is 0 Å². The summed E-state index contributed by atoms with van der Waals surface area (Å²) in [5.41, 5.74) is 1.65. The van der Waals surface area contributed by atoms with Crippen molar-refractivity contribution < 1.29 is 5.11 Å². The molecule has 0 fully saturated rings. The largest absolute Gasteiger partial charge is 0.384 e. The molecule has 16 heavy (non-hydrogen) atoms. The van der Waals surface area contributed by atoms with E-state index in [1.807, 2.05) is 42.5 Å². The predicted molar refractivity (Wildman–Crippen MR) is 69.7 cm³/mol. The Morgan fingerprint density at radius 2 is 1.69 bits per heavy atom. The number of halogens is 2. The summed E-state index contributed by atoms with van der Waals surface area (Å²) in [6.07, 6.45) is -0.633. The number of aliphatic hydroxyl groups is 1. The maximum atomic E-state index is 10.1. The molecule has 2 aromatic rings. The zero-order chi connectivity index (χ0) is 11.5. The third-order valence-corrected chi connectivity index (χ3v) is 3.61. The number of hydrogen-bond acceptors (Lipinski definition) is 1. The van der Waals surface area contributed by atoms with E-state index in [0.717, 1.165) is 15.6 Å². The molecule has 2 rings (SSSR count). The maximum Gasteiger partial charge on any atom is 0.104 e. The molecule has 2 aromatic carbocycles. The molecule has 0 spiro atoms. The minimum Gasteiger partial charge on any atom is -0.384 e. The first-order valence-corrected chi connectivity index (χ1v) is 6.03. The Morgan fingerprint density at radius 3 is 2.31 bits per heavy atom. The van der Waals surface area contributed by atoms with Crippen molar-refractivity contribution in [3.05, 3.63) is 69.2 Å². The fraction of sp³-hybridized carbons (Fsp3) is 0.0769. The molecule has 1 N–H and O–H groups in total. The van der Waals surface area contributed by atoms with Crippen LogP contribution in [0.2, 0.25) is 5.02 Å². The van der Waals surface area contributed by atoms with Gasteiger partial charge in [0.25, 0.3) is 0 Å². The summed E-state index contributed by atoms with van der Waals surface area (Å²) in [5, 5.41) is 10.7. The van der Waals surface area contributed by atoms with Crippen molar-refractivity contribution in [2.75, 3.05) is 0 Å². The summed E-state index contributed by atoms with van der Waals surface area (Å²) in [4.78, 5) is 0. The number of hydrogen-bond donors (Lipinski definition) is 1. The van der Waals surface area contributed by atoms with Crippen LogP contribution in [0.5, 0.6) is 0 Å². The van der Waals surface area contributed by atoms with E-state index in [0.29, 0.717) is 5.02 Å². The third-order valence-electron chi connectivity index (χ3n) is 2.37. The van der Waals surface area contributed by atoms with Gasteiger partial charge in [0.15, 0.2) is 0 Å². The summed E-state index contributed by atoms with van der Waals surface area (Å²) >= 11 is 9.31. The molecule has 1 unspecified atom stereocenters. The molecule has 82 valence electrons. The van der Waals surface area contributed by atoms with Crippen LogP contribution < -0.4 is 0 Å². The minimum atomic E-state index is -0.633. The van der Waals surface area contributed by atoms with Gasteiger partial charge in [0.05, 0.1) is 5.02 Å². The van der Waals surface area contributed by atoms with Gasteiger partial charge in [-0.05, 0) is 39.2 Å². The Bertz CT molecular complexity index is 485. The first-order valence-electron chi connectivity index (χ1n) is 4.86. The molecule has 0 saturated heterocycles. The van der Waals surface area contributed by atoms with E-state index in [4.69, 9.17) is 11.6 Å². The predicted octanol–water partition coefficient (Wildman–Crippen LogP) is 4.18. The van der Waals surface area contributed by atoms with Gasteiger partial charge in [-0.15, -0.1) is 0 Å². The zero-order valence-corrected chi connectivity index (χ0v) is 10.7. The molecule has 0 aliphatic carbocycles. The van der Waals surface area contributed by atoms with E-state index in [9.17, 15) is 5.11 Å². The molecular weight excluding hydrogens is 287 g/mol. The zero-order valence-electron chi connectivity index (χ0n) is 8.40. The average molecular weight is 298 g/mol. The lowest BCUT2D eigenvalue weighted by Crippen LogP contribution is -1.99. The van der Waals surface area contributed by atoms with Crippen molar-refractivity contribution in [2.24, 2.45) is 0 Å². The third kappa shape index (κ3) is 2.46. The van der Waals surface area contributed by atoms with Gasteiger partial charge >= 0.3 is 0 Å². The van der Waals surface area contributed by atoms with Crippen molar-refractivity contribution in [1.82, 2.24) is 0 Å². The lowest BCUT2D eigenvalue weighted by molar-refractivity contribution is 0.220. The van der Waals surface area contributed by atoms with Crippen LogP contribution >= 0.6 is 27.5 Å². The normalized spacial score (nSPS) is 12.4. The van der Waals surface area contributed by atoms with E-state index in [-0.39, 0.29) is 0 Å². The fourth-order valence-electron chi connectivity index (χ4n) is 1.51. The second-order valence-corrected chi connectivity index (χ2v) is 4.75. The summed E-state index contributed by atoms with van der Waals surface area (Å²) in [7, 11) is 0. The van der Waals surface area contributed by atoms with Gasteiger partial charge in [-0.2, -0.15) is 0 Å². The molecule has 0 saturated carbocycles. The molecule has 0 aromatic heterocycles. The Balaban J connectivity index is 2.34. The summed E-state index contributed by atoms with van der Waals surface area (Å²) in [5.74, 6) is 0. The summed E-state index contributed by atoms with van der Waals surface area (Å²) in [6, 6.07) is 15.0. The lowest BCUT2D eigenvalue weighted by Gasteiger charge is -2.12. The second kappa shape index (κ2) is 5.00. The highest BCUT2D eigenvalue weighted by molar-refractivity contribution is 9.10. The molecule has 1 atom stereocenters. The molecule has 0 heterocycles. The van der Waals surface area contributed by atoms with E-state index < -0.39 is 6.10 Å². The van der Waals surface area contributed by atoms with E-state index in [1.54, 1.807) is 6.07 Å².